The van der Waals surface area contributed by atoms with Crippen LogP contribution in [0, 0.1) is 13.8 Å². The third-order valence-electron chi connectivity index (χ3n) is 2.90. The van der Waals surface area contributed by atoms with Crippen molar-refractivity contribution in [1.82, 2.24) is 9.97 Å². The molecule has 0 radical (unpaired) electrons. The van der Waals surface area contributed by atoms with Crippen molar-refractivity contribution in [3.63, 3.8) is 0 Å². The molecule has 0 spiro atoms. The first-order valence-corrected chi connectivity index (χ1v) is 7.74. The van der Waals surface area contributed by atoms with Gasteiger partial charge in [-0.3, -0.25) is 4.79 Å². The molecule has 1 aromatic carbocycles. The largest absolute Gasteiger partial charge is 0.325 e. The van der Waals surface area contributed by atoms with Crippen LogP contribution in [0.5, 0.6) is 0 Å². The van der Waals surface area contributed by atoms with Gasteiger partial charge in [-0.15, -0.1) is 0 Å². The molecule has 0 bridgehead atoms. The van der Waals surface area contributed by atoms with Crippen LogP contribution in [0.1, 0.15) is 18.2 Å². The molecule has 1 heterocycles. The van der Waals surface area contributed by atoms with Crippen LogP contribution >= 0.6 is 23.4 Å². The number of halogens is 1. The van der Waals surface area contributed by atoms with E-state index in [0.29, 0.717) is 5.02 Å². The summed E-state index contributed by atoms with van der Waals surface area (Å²) < 4.78 is 0. The molecule has 1 amide bonds. The number of thioether (sulfide) groups is 1. The molecule has 4 nitrogen and oxygen atoms in total. The standard InChI is InChI=1S/C15H16ClN3OS/c1-9-4-5-12(16)7-13(9)19-15(20)11(3)21-14-6-10(2)17-8-18-14/h4-8,11H,1-3H3,(H,19,20). The van der Waals surface area contributed by atoms with Gasteiger partial charge in [-0.1, -0.05) is 29.4 Å². The number of hydrogen-bond donors (Lipinski definition) is 1. The third-order valence-corrected chi connectivity index (χ3v) is 4.17. The first-order valence-electron chi connectivity index (χ1n) is 6.48. The van der Waals surface area contributed by atoms with Gasteiger partial charge in [0.05, 0.1) is 5.25 Å². The quantitative estimate of drug-likeness (QED) is 0.686. The van der Waals surface area contributed by atoms with Crippen molar-refractivity contribution in [2.75, 3.05) is 5.32 Å². The molecular formula is C15H16ClN3OS. The van der Waals surface area contributed by atoms with Gasteiger partial charge in [-0.05, 0) is 44.5 Å². The second-order valence-corrected chi connectivity index (χ2v) is 6.50. The van der Waals surface area contributed by atoms with Gasteiger partial charge in [-0.2, -0.15) is 0 Å². The Balaban J connectivity index is 2.04. The molecule has 1 unspecified atom stereocenters. The van der Waals surface area contributed by atoms with Gasteiger partial charge in [0.2, 0.25) is 5.91 Å². The Labute approximate surface area is 133 Å². The number of nitrogens with zero attached hydrogens (tertiary/aromatic N) is 2. The second-order valence-electron chi connectivity index (χ2n) is 4.71. The average molecular weight is 322 g/mol. The number of aromatic nitrogens is 2. The van der Waals surface area contributed by atoms with Gasteiger partial charge < -0.3 is 5.32 Å². The minimum absolute atomic E-state index is 0.0818. The smallest absolute Gasteiger partial charge is 0.237 e. The highest BCUT2D eigenvalue weighted by atomic mass is 35.5. The molecule has 1 atom stereocenters. The number of carbonyl (C=O) groups is 1. The van der Waals surface area contributed by atoms with Crippen LogP contribution < -0.4 is 5.32 Å². The lowest BCUT2D eigenvalue weighted by Crippen LogP contribution is -2.23. The molecule has 0 aliphatic rings. The number of aryl methyl sites for hydroxylation is 2. The summed E-state index contributed by atoms with van der Waals surface area (Å²) in [7, 11) is 0. The van der Waals surface area contributed by atoms with E-state index >= 15 is 0 Å². The predicted octanol–water partition coefficient (Wildman–Crippen LogP) is 3.87. The van der Waals surface area contributed by atoms with Gasteiger partial charge in [0.15, 0.2) is 0 Å². The summed E-state index contributed by atoms with van der Waals surface area (Å²) in [5.41, 5.74) is 2.59. The van der Waals surface area contributed by atoms with Crippen molar-refractivity contribution >= 4 is 35.0 Å². The topological polar surface area (TPSA) is 54.9 Å². The zero-order chi connectivity index (χ0) is 15.4. The maximum absolute atomic E-state index is 12.2. The molecule has 0 saturated carbocycles. The van der Waals surface area contributed by atoms with Crippen molar-refractivity contribution in [1.29, 1.82) is 0 Å². The van der Waals surface area contributed by atoms with Crippen molar-refractivity contribution in [2.45, 2.75) is 31.0 Å². The second kappa shape index (κ2) is 6.91. The molecule has 2 aromatic rings. The van der Waals surface area contributed by atoms with Crippen molar-refractivity contribution in [2.24, 2.45) is 0 Å². The maximum Gasteiger partial charge on any atom is 0.237 e. The molecule has 110 valence electrons. The third kappa shape index (κ3) is 4.44. The normalized spacial score (nSPS) is 12.0. The first kappa shape index (κ1) is 15.8. The molecule has 6 heteroatoms. The van der Waals surface area contributed by atoms with Crippen LogP contribution in [0.15, 0.2) is 35.6 Å². The highest BCUT2D eigenvalue weighted by molar-refractivity contribution is 8.00. The summed E-state index contributed by atoms with van der Waals surface area (Å²) in [4.78, 5) is 20.4. The fraction of sp³-hybridized carbons (Fsp3) is 0.267. The van der Waals surface area contributed by atoms with Crippen LogP contribution in [-0.4, -0.2) is 21.1 Å². The molecule has 1 aromatic heterocycles. The fourth-order valence-corrected chi connectivity index (χ4v) is 2.74. The van der Waals surface area contributed by atoms with E-state index in [0.717, 1.165) is 22.0 Å². The lowest BCUT2D eigenvalue weighted by atomic mass is 10.2. The van der Waals surface area contributed by atoms with Crippen LogP contribution in [0.3, 0.4) is 0 Å². The monoisotopic (exact) mass is 321 g/mol. The number of benzene rings is 1. The predicted molar refractivity (Wildman–Crippen MR) is 86.9 cm³/mol. The number of rotatable bonds is 4. The minimum Gasteiger partial charge on any atom is -0.325 e. The molecule has 0 saturated heterocycles. The molecule has 0 aliphatic heterocycles. The lowest BCUT2D eigenvalue weighted by molar-refractivity contribution is -0.115. The average Bonchev–Trinajstić information content (AvgIpc) is 2.43. The lowest BCUT2D eigenvalue weighted by Gasteiger charge is -2.13. The zero-order valence-electron chi connectivity index (χ0n) is 12.1. The van der Waals surface area contributed by atoms with Crippen molar-refractivity contribution in [3.8, 4) is 0 Å². The molecule has 21 heavy (non-hydrogen) atoms. The number of nitrogens with one attached hydrogen (secondary N) is 1. The maximum atomic E-state index is 12.2. The van der Waals surface area contributed by atoms with Gasteiger partial charge >= 0.3 is 0 Å². The highest BCUT2D eigenvalue weighted by Crippen LogP contribution is 2.24. The number of amides is 1. The molecule has 2 rings (SSSR count). The van der Waals surface area contributed by atoms with E-state index in [1.807, 2.05) is 32.9 Å². The molecule has 0 fully saturated rings. The van der Waals surface area contributed by atoms with Crippen LogP contribution in [0.25, 0.3) is 0 Å². The van der Waals surface area contributed by atoms with Gasteiger partial charge in [0.25, 0.3) is 0 Å². The fourth-order valence-electron chi connectivity index (χ4n) is 1.69. The number of carbonyl (C=O) groups excluding carboxylic acids is 1. The Bertz CT molecular complexity index is 663. The van der Waals surface area contributed by atoms with E-state index in [-0.39, 0.29) is 11.2 Å². The Morgan fingerprint density at radius 3 is 2.76 bits per heavy atom. The van der Waals surface area contributed by atoms with Gasteiger partial charge in [0.1, 0.15) is 11.4 Å². The van der Waals surface area contributed by atoms with E-state index in [1.54, 1.807) is 12.1 Å². The number of hydrogen-bond acceptors (Lipinski definition) is 4. The van der Waals surface area contributed by atoms with E-state index in [1.165, 1.54) is 18.1 Å². The summed E-state index contributed by atoms with van der Waals surface area (Å²) in [5.74, 6) is -0.0818. The van der Waals surface area contributed by atoms with E-state index in [4.69, 9.17) is 11.6 Å². The molecular weight excluding hydrogens is 306 g/mol. The number of anilines is 1. The van der Waals surface area contributed by atoms with Crippen molar-refractivity contribution in [3.05, 3.63) is 46.9 Å². The Morgan fingerprint density at radius 1 is 1.29 bits per heavy atom. The summed E-state index contributed by atoms with van der Waals surface area (Å²) in [6, 6.07) is 7.29. The van der Waals surface area contributed by atoms with E-state index < -0.39 is 0 Å². The highest BCUT2D eigenvalue weighted by Gasteiger charge is 2.16. The Kier molecular flexibility index (Phi) is 5.20. The molecule has 0 aliphatic carbocycles. The molecule has 1 N–H and O–H groups in total. The SMILES string of the molecule is Cc1cc(SC(C)C(=O)Nc2cc(Cl)ccc2C)ncn1. The zero-order valence-corrected chi connectivity index (χ0v) is 13.6. The Morgan fingerprint density at radius 2 is 2.05 bits per heavy atom. The van der Waals surface area contributed by atoms with E-state index in [9.17, 15) is 4.79 Å². The summed E-state index contributed by atoms with van der Waals surface area (Å²) in [5, 5.41) is 4.02. The summed E-state index contributed by atoms with van der Waals surface area (Å²) in [6.45, 7) is 5.67. The van der Waals surface area contributed by atoms with Gasteiger partial charge in [0, 0.05) is 16.4 Å². The van der Waals surface area contributed by atoms with Gasteiger partial charge in [-0.25, -0.2) is 9.97 Å². The summed E-state index contributed by atoms with van der Waals surface area (Å²) >= 11 is 7.35. The van der Waals surface area contributed by atoms with Crippen LogP contribution in [-0.2, 0) is 4.79 Å². The first-order chi connectivity index (χ1) is 9.95. The minimum atomic E-state index is -0.266. The summed E-state index contributed by atoms with van der Waals surface area (Å²) in [6.07, 6.45) is 1.50. The Hall–Kier alpha value is -1.59. The van der Waals surface area contributed by atoms with E-state index in [2.05, 4.69) is 15.3 Å². The van der Waals surface area contributed by atoms with Crippen LogP contribution in [0.4, 0.5) is 5.69 Å². The van der Waals surface area contributed by atoms with Crippen molar-refractivity contribution < 1.29 is 4.79 Å². The van der Waals surface area contributed by atoms with Crippen LogP contribution in [0.2, 0.25) is 5.02 Å².